The summed E-state index contributed by atoms with van der Waals surface area (Å²) in [4.78, 5) is 14.4. The number of benzene rings is 1. The average Bonchev–Trinajstić information content (AvgIpc) is 2.62. The summed E-state index contributed by atoms with van der Waals surface area (Å²) in [7, 11) is 1.89. The molecular weight excluding hydrogens is 240 g/mol. The molecule has 19 heavy (non-hydrogen) atoms. The molecule has 1 unspecified atom stereocenters. The van der Waals surface area contributed by atoms with E-state index >= 15 is 0 Å². The summed E-state index contributed by atoms with van der Waals surface area (Å²) in [5.74, 6) is 0.100. The second kappa shape index (κ2) is 6.06. The van der Waals surface area contributed by atoms with Crippen molar-refractivity contribution in [2.24, 2.45) is 0 Å². The predicted octanol–water partition coefficient (Wildman–Crippen LogP) is 2.29. The maximum atomic E-state index is 12.5. The van der Waals surface area contributed by atoms with E-state index in [0.29, 0.717) is 6.54 Å². The summed E-state index contributed by atoms with van der Waals surface area (Å²) in [6, 6.07) is 5.79. The van der Waals surface area contributed by atoms with Gasteiger partial charge >= 0.3 is 0 Å². The van der Waals surface area contributed by atoms with Gasteiger partial charge in [-0.2, -0.15) is 0 Å². The molecule has 1 amide bonds. The minimum atomic E-state index is 0.100. The normalized spacial score (nSPS) is 19.9. The summed E-state index contributed by atoms with van der Waals surface area (Å²) in [6.45, 7) is 6.21. The minimum absolute atomic E-state index is 0.100. The van der Waals surface area contributed by atoms with E-state index in [9.17, 15) is 4.79 Å². The largest absolute Gasteiger partial charge is 0.388 e. The number of carbonyl (C=O) groups excluding carboxylic acids is 1. The van der Waals surface area contributed by atoms with E-state index in [-0.39, 0.29) is 12.0 Å². The molecule has 1 saturated heterocycles. The van der Waals surface area contributed by atoms with Gasteiger partial charge in [-0.15, -0.1) is 0 Å². The molecule has 2 rings (SSSR count). The van der Waals surface area contributed by atoms with Crippen LogP contribution in [0.5, 0.6) is 0 Å². The van der Waals surface area contributed by atoms with Crippen molar-refractivity contribution >= 4 is 11.6 Å². The van der Waals surface area contributed by atoms with Gasteiger partial charge in [-0.3, -0.25) is 4.79 Å². The van der Waals surface area contributed by atoms with Crippen LogP contribution < -0.4 is 5.32 Å². The van der Waals surface area contributed by atoms with E-state index in [4.69, 9.17) is 4.74 Å². The van der Waals surface area contributed by atoms with Crippen LogP contribution in [0.3, 0.4) is 0 Å². The van der Waals surface area contributed by atoms with E-state index in [2.05, 4.69) is 5.32 Å². The van der Waals surface area contributed by atoms with Crippen LogP contribution in [0, 0.1) is 6.92 Å². The van der Waals surface area contributed by atoms with Crippen LogP contribution in [0.25, 0.3) is 0 Å². The smallest absolute Gasteiger partial charge is 0.253 e. The van der Waals surface area contributed by atoms with Gasteiger partial charge in [0, 0.05) is 38.0 Å². The number of hydrogen-bond acceptors (Lipinski definition) is 3. The first-order chi connectivity index (χ1) is 9.11. The van der Waals surface area contributed by atoms with Crippen LogP contribution in [-0.2, 0) is 4.74 Å². The highest BCUT2D eigenvalue weighted by molar-refractivity contribution is 5.95. The summed E-state index contributed by atoms with van der Waals surface area (Å²) < 4.78 is 5.58. The van der Waals surface area contributed by atoms with Gasteiger partial charge in [0.2, 0.25) is 0 Å². The zero-order chi connectivity index (χ0) is 13.8. The van der Waals surface area contributed by atoms with Crippen LogP contribution in [0.4, 0.5) is 5.69 Å². The topological polar surface area (TPSA) is 41.6 Å². The van der Waals surface area contributed by atoms with Crippen LogP contribution in [0.1, 0.15) is 29.3 Å². The number of anilines is 1. The Morgan fingerprint density at radius 2 is 2.26 bits per heavy atom. The molecular formula is C15H22N2O2. The maximum Gasteiger partial charge on any atom is 0.253 e. The third-order valence-corrected chi connectivity index (χ3v) is 3.48. The molecule has 1 fully saturated rings. The fourth-order valence-electron chi connectivity index (χ4n) is 2.44. The predicted molar refractivity (Wildman–Crippen MR) is 76.7 cm³/mol. The van der Waals surface area contributed by atoms with Crippen LogP contribution in [0.2, 0.25) is 0 Å². The first-order valence-corrected chi connectivity index (χ1v) is 6.81. The molecule has 0 saturated carbocycles. The number of amides is 1. The molecule has 1 aromatic rings. The number of carbonyl (C=O) groups is 1. The maximum absolute atomic E-state index is 12.5. The second-order valence-corrected chi connectivity index (χ2v) is 5.07. The van der Waals surface area contributed by atoms with Gasteiger partial charge in [-0.05, 0) is 44.0 Å². The van der Waals surface area contributed by atoms with E-state index in [0.717, 1.165) is 36.4 Å². The lowest BCUT2D eigenvalue weighted by Gasteiger charge is -2.22. The van der Waals surface area contributed by atoms with Crippen molar-refractivity contribution in [3.63, 3.8) is 0 Å². The molecule has 1 N–H and O–H groups in total. The molecule has 4 nitrogen and oxygen atoms in total. The highest BCUT2D eigenvalue weighted by atomic mass is 16.5. The Balaban J connectivity index is 2.16. The molecule has 1 aromatic carbocycles. The van der Waals surface area contributed by atoms with Gasteiger partial charge in [-0.25, -0.2) is 0 Å². The second-order valence-electron chi connectivity index (χ2n) is 5.07. The van der Waals surface area contributed by atoms with Crippen molar-refractivity contribution in [3.8, 4) is 0 Å². The summed E-state index contributed by atoms with van der Waals surface area (Å²) in [5.41, 5.74) is 2.90. The number of nitrogens with one attached hydrogen (secondary N) is 1. The molecule has 1 aliphatic rings. The molecule has 4 heteroatoms. The quantitative estimate of drug-likeness (QED) is 0.889. The molecule has 1 aliphatic heterocycles. The standard InChI is InChI=1S/C15H22N2O2/c1-11-9-13(5-6-14(11)16-3)15(18)17-7-4-8-19-12(2)10-17/h5-6,9,12,16H,4,7-8,10H2,1-3H3. The third kappa shape index (κ3) is 3.26. The lowest BCUT2D eigenvalue weighted by molar-refractivity contribution is 0.0562. The number of hydrogen-bond donors (Lipinski definition) is 1. The van der Waals surface area contributed by atoms with Crippen LogP contribution >= 0.6 is 0 Å². The zero-order valence-electron chi connectivity index (χ0n) is 11.9. The van der Waals surface area contributed by atoms with E-state index in [1.165, 1.54) is 0 Å². The van der Waals surface area contributed by atoms with Gasteiger partial charge in [0.1, 0.15) is 0 Å². The Bertz CT molecular complexity index is 459. The summed E-state index contributed by atoms with van der Waals surface area (Å²) in [5, 5.41) is 3.11. The molecule has 0 aromatic heterocycles. The number of ether oxygens (including phenoxy) is 1. The van der Waals surface area contributed by atoms with Crippen LogP contribution in [0.15, 0.2) is 18.2 Å². The monoisotopic (exact) mass is 262 g/mol. The van der Waals surface area contributed by atoms with Crippen molar-refractivity contribution in [1.29, 1.82) is 0 Å². The third-order valence-electron chi connectivity index (χ3n) is 3.48. The van der Waals surface area contributed by atoms with Crippen molar-refractivity contribution in [3.05, 3.63) is 29.3 Å². The fraction of sp³-hybridized carbons (Fsp3) is 0.533. The summed E-state index contributed by atoms with van der Waals surface area (Å²) >= 11 is 0. The number of nitrogens with zero attached hydrogens (tertiary/aromatic N) is 1. The lowest BCUT2D eigenvalue weighted by Crippen LogP contribution is -2.35. The zero-order valence-corrected chi connectivity index (χ0v) is 11.9. The Hall–Kier alpha value is -1.55. The van der Waals surface area contributed by atoms with Gasteiger partial charge in [0.25, 0.3) is 5.91 Å². The molecule has 104 valence electrons. The lowest BCUT2D eigenvalue weighted by atomic mass is 10.1. The van der Waals surface area contributed by atoms with Crippen molar-refractivity contribution < 1.29 is 9.53 Å². The van der Waals surface area contributed by atoms with Crippen molar-refractivity contribution in [2.45, 2.75) is 26.4 Å². The molecule has 0 bridgehead atoms. The van der Waals surface area contributed by atoms with Gasteiger partial charge in [0.15, 0.2) is 0 Å². The molecule has 1 atom stereocenters. The number of rotatable bonds is 2. The first kappa shape index (κ1) is 13.9. The summed E-state index contributed by atoms with van der Waals surface area (Å²) in [6.07, 6.45) is 1.02. The average molecular weight is 262 g/mol. The van der Waals surface area contributed by atoms with Gasteiger partial charge in [-0.1, -0.05) is 0 Å². The van der Waals surface area contributed by atoms with Gasteiger partial charge in [0.05, 0.1) is 6.10 Å². The Kier molecular flexibility index (Phi) is 4.43. The molecule has 1 heterocycles. The van der Waals surface area contributed by atoms with E-state index in [1.807, 2.05) is 44.0 Å². The fourth-order valence-corrected chi connectivity index (χ4v) is 2.44. The van der Waals surface area contributed by atoms with E-state index in [1.54, 1.807) is 0 Å². The van der Waals surface area contributed by atoms with Crippen LogP contribution in [-0.4, -0.2) is 43.7 Å². The SMILES string of the molecule is CNc1ccc(C(=O)N2CCCOC(C)C2)cc1C. The minimum Gasteiger partial charge on any atom is -0.388 e. The molecule has 0 radical (unpaired) electrons. The first-order valence-electron chi connectivity index (χ1n) is 6.81. The van der Waals surface area contributed by atoms with Gasteiger partial charge < -0.3 is 15.0 Å². The highest BCUT2D eigenvalue weighted by Gasteiger charge is 2.21. The molecule has 0 aliphatic carbocycles. The molecule has 0 spiro atoms. The Morgan fingerprint density at radius 3 is 2.95 bits per heavy atom. The van der Waals surface area contributed by atoms with E-state index < -0.39 is 0 Å². The van der Waals surface area contributed by atoms with Crippen molar-refractivity contribution in [1.82, 2.24) is 4.90 Å². The Labute approximate surface area is 114 Å². The van der Waals surface area contributed by atoms with Crippen molar-refractivity contribution in [2.75, 3.05) is 32.1 Å². The Morgan fingerprint density at radius 1 is 1.47 bits per heavy atom. The highest BCUT2D eigenvalue weighted by Crippen LogP contribution is 2.18. The number of aryl methyl sites for hydroxylation is 1.